The highest BCUT2D eigenvalue weighted by molar-refractivity contribution is 5.86. The van der Waals surface area contributed by atoms with E-state index in [0.717, 1.165) is 5.56 Å². The van der Waals surface area contributed by atoms with E-state index in [1.807, 2.05) is 0 Å². The van der Waals surface area contributed by atoms with Crippen molar-refractivity contribution in [1.82, 2.24) is 10.6 Å². The van der Waals surface area contributed by atoms with Crippen LogP contribution < -0.4 is 16.0 Å². The second-order valence-corrected chi connectivity index (χ2v) is 10.0. The fraction of sp³-hybridized carbons (Fsp3) is 0.448. The molecule has 212 valence electrons. The second-order valence-electron chi connectivity index (χ2n) is 10.0. The van der Waals surface area contributed by atoms with Crippen LogP contribution in [0.5, 0.6) is 0 Å². The average molecular weight is 544 g/mol. The van der Waals surface area contributed by atoms with Crippen LogP contribution in [0, 0.1) is 5.82 Å². The van der Waals surface area contributed by atoms with Gasteiger partial charge in [-0.2, -0.15) is 0 Å². The Kier molecular flexibility index (Phi) is 12.4. The second kappa shape index (κ2) is 15.5. The minimum absolute atomic E-state index is 0.134. The Morgan fingerprint density at radius 3 is 2.33 bits per heavy atom. The molecule has 0 heterocycles. The van der Waals surface area contributed by atoms with E-state index in [9.17, 15) is 23.6 Å². The minimum Gasteiger partial charge on any atom is -0.464 e. The van der Waals surface area contributed by atoms with Gasteiger partial charge in [0, 0.05) is 25.1 Å². The Hall–Kier alpha value is -3.95. The average Bonchev–Trinajstić information content (AvgIpc) is 2.84. The predicted molar refractivity (Wildman–Crippen MR) is 146 cm³/mol. The quantitative estimate of drug-likeness (QED) is 0.256. The van der Waals surface area contributed by atoms with Crippen LogP contribution in [0.2, 0.25) is 0 Å². The van der Waals surface area contributed by atoms with E-state index >= 15 is 0 Å². The smallest absolute Gasteiger partial charge is 0.412 e. The first-order chi connectivity index (χ1) is 18.4. The summed E-state index contributed by atoms with van der Waals surface area (Å²) in [5.41, 5.74) is 1.34. The number of unbranched alkanes of at least 4 members (excludes halogenated alkanes) is 1. The fourth-order valence-electron chi connectivity index (χ4n) is 3.63. The van der Waals surface area contributed by atoms with Gasteiger partial charge in [0.25, 0.3) is 0 Å². The van der Waals surface area contributed by atoms with Crippen LogP contribution in [0.3, 0.4) is 0 Å². The molecule has 3 amide bonds. The number of carbonyl (C=O) groups is 4. The highest BCUT2D eigenvalue weighted by Crippen LogP contribution is 2.14. The number of benzene rings is 2. The maximum absolute atomic E-state index is 13.2. The monoisotopic (exact) mass is 543 g/mol. The van der Waals surface area contributed by atoms with Gasteiger partial charge in [-0.25, -0.2) is 14.0 Å². The topological polar surface area (TPSA) is 123 Å². The summed E-state index contributed by atoms with van der Waals surface area (Å²) in [5, 5.41) is 8.17. The minimum atomic E-state index is -0.872. The number of halogens is 1. The van der Waals surface area contributed by atoms with Gasteiger partial charge in [0.15, 0.2) is 0 Å². The summed E-state index contributed by atoms with van der Waals surface area (Å²) in [6.07, 6.45) is 1.00. The largest absolute Gasteiger partial charge is 0.464 e. The van der Waals surface area contributed by atoms with Crippen molar-refractivity contribution in [3.05, 3.63) is 65.5 Å². The third-order valence-electron chi connectivity index (χ3n) is 5.35. The first-order valence-corrected chi connectivity index (χ1v) is 13.0. The van der Waals surface area contributed by atoms with Crippen LogP contribution in [-0.4, -0.2) is 48.7 Å². The zero-order valence-electron chi connectivity index (χ0n) is 23.0. The number of hydrogen-bond donors (Lipinski definition) is 3. The van der Waals surface area contributed by atoms with E-state index < -0.39 is 23.7 Å². The third kappa shape index (κ3) is 12.9. The van der Waals surface area contributed by atoms with Gasteiger partial charge in [0.2, 0.25) is 11.8 Å². The number of ether oxygens (including phenoxy) is 2. The first kappa shape index (κ1) is 31.3. The maximum Gasteiger partial charge on any atom is 0.412 e. The molecule has 0 aromatic heterocycles. The highest BCUT2D eigenvalue weighted by atomic mass is 19.1. The SMILES string of the molecule is CCOC(=O)C(Cc1ccc(F)cc1)NC(=O)CCCCNC(=O)Cc1cccc(NC(=O)OC(C)(C)C)c1. The number of carbonyl (C=O) groups excluding carboxylic acids is 4. The van der Waals surface area contributed by atoms with Crippen molar-refractivity contribution in [2.45, 2.75) is 71.4 Å². The summed E-state index contributed by atoms with van der Waals surface area (Å²) < 4.78 is 23.5. The molecule has 39 heavy (non-hydrogen) atoms. The number of esters is 1. The lowest BCUT2D eigenvalue weighted by molar-refractivity contribution is -0.147. The summed E-state index contributed by atoms with van der Waals surface area (Å²) in [5.74, 6) is -1.43. The zero-order chi connectivity index (χ0) is 28.8. The molecule has 0 saturated carbocycles. The van der Waals surface area contributed by atoms with Gasteiger partial charge in [0.1, 0.15) is 17.5 Å². The summed E-state index contributed by atoms with van der Waals surface area (Å²) in [6.45, 7) is 7.57. The van der Waals surface area contributed by atoms with Crippen molar-refractivity contribution in [3.8, 4) is 0 Å². The summed E-state index contributed by atoms with van der Waals surface area (Å²) in [6, 6.07) is 11.8. The molecule has 0 saturated heterocycles. The summed E-state index contributed by atoms with van der Waals surface area (Å²) in [7, 11) is 0. The van der Waals surface area contributed by atoms with Crippen molar-refractivity contribution >= 4 is 29.6 Å². The summed E-state index contributed by atoms with van der Waals surface area (Å²) in [4.78, 5) is 49.0. The summed E-state index contributed by atoms with van der Waals surface area (Å²) >= 11 is 0. The molecule has 0 aliphatic heterocycles. The number of hydrogen-bond acceptors (Lipinski definition) is 6. The van der Waals surface area contributed by atoms with Gasteiger partial charge in [-0.3, -0.25) is 14.9 Å². The van der Waals surface area contributed by atoms with Gasteiger partial charge >= 0.3 is 12.1 Å². The molecule has 0 aliphatic rings. The van der Waals surface area contributed by atoms with Crippen molar-refractivity contribution in [1.29, 1.82) is 0 Å². The molecule has 1 unspecified atom stereocenters. The molecule has 0 aliphatic carbocycles. The van der Waals surface area contributed by atoms with Crippen molar-refractivity contribution in [2.24, 2.45) is 0 Å². The van der Waals surface area contributed by atoms with E-state index in [1.54, 1.807) is 64.1 Å². The van der Waals surface area contributed by atoms with Gasteiger partial charge in [0.05, 0.1) is 13.0 Å². The molecule has 2 aromatic rings. The number of amides is 3. The Morgan fingerprint density at radius 2 is 1.67 bits per heavy atom. The fourth-order valence-corrected chi connectivity index (χ4v) is 3.63. The van der Waals surface area contributed by atoms with E-state index in [0.29, 0.717) is 30.6 Å². The van der Waals surface area contributed by atoms with Gasteiger partial charge in [-0.1, -0.05) is 24.3 Å². The number of anilines is 1. The van der Waals surface area contributed by atoms with Crippen LogP contribution in [0.4, 0.5) is 14.9 Å². The van der Waals surface area contributed by atoms with E-state index in [-0.39, 0.29) is 43.5 Å². The van der Waals surface area contributed by atoms with Gasteiger partial charge in [-0.05, 0) is 75.9 Å². The van der Waals surface area contributed by atoms with Crippen LogP contribution in [0.1, 0.15) is 58.1 Å². The van der Waals surface area contributed by atoms with E-state index in [4.69, 9.17) is 9.47 Å². The van der Waals surface area contributed by atoms with E-state index in [1.165, 1.54) is 12.1 Å². The molecule has 10 heteroatoms. The molecule has 2 rings (SSSR count). The van der Waals surface area contributed by atoms with Gasteiger partial charge in [-0.15, -0.1) is 0 Å². The maximum atomic E-state index is 13.2. The van der Waals surface area contributed by atoms with Crippen molar-refractivity contribution in [3.63, 3.8) is 0 Å². The molecule has 2 aromatic carbocycles. The van der Waals surface area contributed by atoms with Crippen LogP contribution >= 0.6 is 0 Å². The molecule has 0 radical (unpaired) electrons. The molecular formula is C29H38FN3O6. The molecule has 1 atom stereocenters. The first-order valence-electron chi connectivity index (χ1n) is 13.0. The lowest BCUT2D eigenvalue weighted by atomic mass is 10.1. The van der Waals surface area contributed by atoms with Crippen LogP contribution in [-0.2, 0) is 36.7 Å². The van der Waals surface area contributed by atoms with Crippen LogP contribution in [0.25, 0.3) is 0 Å². The third-order valence-corrected chi connectivity index (χ3v) is 5.35. The Balaban J connectivity index is 1.73. The standard InChI is InChI=1S/C29H38FN3O6/c1-5-38-27(36)24(18-20-12-14-22(30)15-13-20)33-25(34)11-6-7-16-31-26(35)19-21-9-8-10-23(17-21)32-28(37)39-29(2,3)4/h8-10,12-15,17,24H,5-7,11,16,18-19H2,1-4H3,(H,31,35)(H,32,37)(H,33,34). The molecule has 3 N–H and O–H groups in total. The Labute approximate surface area is 228 Å². The molecule has 0 bridgehead atoms. The molecule has 9 nitrogen and oxygen atoms in total. The molecular weight excluding hydrogens is 505 g/mol. The van der Waals surface area contributed by atoms with E-state index in [2.05, 4.69) is 16.0 Å². The Morgan fingerprint density at radius 1 is 0.949 bits per heavy atom. The molecule has 0 spiro atoms. The molecule has 0 fully saturated rings. The van der Waals surface area contributed by atoms with Crippen molar-refractivity contribution in [2.75, 3.05) is 18.5 Å². The number of rotatable bonds is 13. The van der Waals surface area contributed by atoms with Crippen LogP contribution in [0.15, 0.2) is 48.5 Å². The number of nitrogens with one attached hydrogen (secondary N) is 3. The Bertz CT molecular complexity index is 1110. The lowest BCUT2D eigenvalue weighted by Gasteiger charge is -2.19. The lowest BCUT2D eigenvalue weighted by Crippen LogP contribution is -2.43. The van der Waals surface area contributed by atoms with Gasteiger partial charge < -0.3 is 20.1 Å². The zero-order valence-corrected chi connectivity index (χ0v) is 23.0. The normalized spacial score (nSPS) is 11.7. The highest BCUT2D eigenvalue weighted by Gasteiger charge is 2.22. The van der Waals surface area contributed by atoms with Crippen molar-refractivity contribution < 1.29 is 33.0 Å². The predicted octanol–water partition coefficient (Wildman–Crippen LogP) is 4.29.